The maximum Gasteiger partial charge on any atom is 0.338 e. The number of carbonyl (C=O) groups is 1. The standard InChI is InChI=1S/C22H26O2/c1-4-6-7-8-10-17(3)16-24-22(23)20-13-14-21-18(5-2)11-9-12-19(21)15-20/h2,9,11-15,17H,4,6-8,10,16H2,1,3H3. The molecule has 2 aromatic carbocycles. The van der Waals surface area contributed by atoms with Gasteiger partial charge in [0.25, 0.3) is 0 Å². The lowest BCUT2D eigenvalue weighted by atomic mass is 10.0. The Kier molecular flexibility index (Phi) is 6.88. The fourth-order valence-electron chi connectivity index (χ4n) is 2.84. The topological polar surface area (TPSA) is 26.3 Å². The van der Waals surface area contributed by atoms with E-state index in [1.54, 1.807) is 6.07 Å². The molecule has 1 unspecified atom stereocenters. The minimum atomic E-state index is -0.261. The molecule has 0 radical (unpaired) electrons. The fourth-order valence-corrected chi connectivity index (χ4v) is 2.84. The van der Waals surface area contributed by atoms with Crippen LogP contribution in [0.1, 0.15) is 61.9 Å². The average molecular weight is 322 g/mol. The molecule has 24 heavy (non-hydrogen) atoms. The first-order valence-corrected chi connectivity index (χ1v) is 8.82. The van der Waals surface area contributed by atoms with Crippen molar-refractivity contribution in [2.24, 2.45) is 5.92 Å². The highest BCUT2D eigenvalue weighted by Gasteiger charge is 2.11. The van der Waals surface area contributed by atoms with Gasteiger partial charge < -0.3 is 4.74 Å². The molecular weight excluding hydrogens is 296 g/mol. The molecule has 0 amide bonds. The van der Waals surface area contributed by atoms with Crippen molar-refractivity contribution in [3.63, 3.8) is 0 Å². The molecule has 0 N–H and O–H groups in total. The summed E-state index contributed by atoms with van der Waals surface area (Å²) in [4.78, 5) is 12.3. The summed E-state index contributed by atoms with van der Waals surface area (Å²) < 4.78 is 5.47. The SMILES string of the molecule is C#Cc1cccc2cc(C(=O)OCC(C)CCCCCC)ccc12. The molecule has 0 heterocycles. The third-order valence-corrected chi connectivity index (χ3v) is 4.32. The largest absolute Gasteiger partial charge is 0.462 e. The average Bonchev–Trinajstić information content (AvgIpc) is 2.62. The summed E-state index contributed by atoms with van der Waals surface area (Å²) >= 11 is 0. The van der Waals surface area contributed by atoms with Gasteiger partial charge in [-0.25, -0.2) is 4.79 Å². The van der Waals surface area contributed by atoms with Gasteiger partial charge in [-0.1, -0.05) is 63.7 Å². The molecule has 0 aliphatic heterocycles. The van der Waals surface area contributed by atoms with Gasteiger partial charge in [0.1, 0.15) is 0 Å². The molecule has 126 valence electrons. The Morgan fingerprint density at radius 3 is 2.79 bits per heavy atom. The molecule has 0 aliphatic rings. The molecule has 0 aliphatic carbocycles. The Morgan fingerprint density at radius 1 is 1.21 bits per heavy atom. The molecule has 0 spiro atoms. The highest BCUT2D eigenvalue weighted by Crippen LogP contribution is 2.20. The van der Waals surface area contributed by atoms with Crippen molar-refractivity contribution in [2.45, 2.75) is 46.0 Å². The van der Waals surface area contributed by atoms with Gasteiger partial charge in [-0.15, -0.1) is 6.42 Å². The van der Waals surface area contributed by atoms with E-state index in [1.165, 1.54) is 25.7 Å². The lowest BCUT2D eigenvalue weighted by Crippen LogP contribution is -2.12. The van der Waals surface area contributed by atoms with E-state index >= 15 is 0 Å². The minimum Gasteiger partial charge on any atom is -0.462 e. The first kappa shape index (κ1) is 18.1. The van der Waals surface area contributed by atoms with Gasteiger partial charge in [0, 0.05) is 5.56 Å². The van der Waals surface area contributed by atoms with E-state index in [0.717, 1.165) is 22.8 Å². The molecule has 0 aromatic heterocycles. The predicted octanol–water partition coefficient (Wildman–Crippen LogP) is 5.58. The smallest absolute Gasteiger partial charge is 0.338 e. The van der Waals surface area contributed by atoms with Gasteiger partial charge in [-0.05, 0) is 41.3 Å². The number of benzene rings is 2. The number of hydrogen-bond donors (Lipinski definition) is 0. The number of rotatable bonds is 8. The van der Waals surface area contributed by atoms with Crippen molar-refractivity contribution >= 4 is 16.7 Å². The zero-order valence-corrected chi connectivity index (χ0v) is 14.7. The monoisotopic (exact) mass is 322 g/mol. The van der Waals surface area contributed by atoms with Gasteiger partial charge in [0.15, 0.2) is 0 Å². The third-order valence-electron chi connectivity index (χ3n) is 4.32. The Bertz CT molecular complexity index is 724. The zero-order valence-electron chi connectivity index (χ0n) is 14.7. The van der Waals surface area contributed by atoms with E-state index in [-0.39, 0.29) is 5.97 Å². The summed E-state index contributed by atoms with van der Waals surface area (Å²) in [7, 11) is 0. The summed E-state index contributed by atoms with van der Waals surface area (Å²) in [5, 5.41) is 1.95. The van der Waals surface area contributed by atoms with Crippen LogP contribution in [-0.4, -0.2) is 12.6 Å². The summed E-state index contributed by atoms with van der Waals surface area (Å²) in [6.07, 6.45) is 11.6. The predicted molar refractivity (Wildman–Crippen MR) is 100 cm³/mol. The maximum atomic E-state index is 12.3. The van der Waals surface area contributed by atoms with Gasteiger partial charge in [0.2, 0.25) is 0 Å². The molecule has 0 bridgehead atoms. The van der Waals surface area contributed by atoms with Crippen molar-refractivity contribution in [2.75, 3.05) is 6.61 Å². The summed E-state index contributed by atoms with van der Waals surface area (Å²) in [5.41, 5.74) is 1.42. The molecule has 2 heteroatoms. The summed E-state index contributed by atoms with van der Waals surface area (Å²) in [5.74, 6) is 2.81. The Morgan fingerprint density at radius 2 is 2.04 bits per heavy atom. The number of esters is 1. The van der Waals surface area contributed by atoms with Crippen LogP contribution in [0, 0.1) is 18.3 Å². The van der Waals surface area contributed by atoms with Gasteiger partial charge in [-0.3, -0.25) is 0 Å². The summed E-state index contributed by atoms with van der Waals surface area (Å²) in [6, 6.07) is 11.3. The van der Waals surface area contributed by atoms with E-state index < -0.39 is 0 Å². The highest BCUT2D eigenvalue weighted by molar-refractivity contribution is 5.97. The second-order valence-corrected chi connectivity index (χ2v) is 6.44. The third kappa shape index (κ3) is 4.86. The number of carbonyl (C=O) groups excluding carboxylic acids is 1. The second-order valence-electron chi connectivity index (χ2n) is 6.44. The lowest BCUT2D eigenvalue weighted by molar-refractivity contribution is 0.0442. The number of hydrogen-bond acceptors (Lipinski definition) is 2. The van der Waals surface area contributed by atoms with Crippen LogP contribution in [0.4, 0.5) is 0 Å². The lowest BCUT2D eigenvalue weighted by Gasteiger charge is -2.12. The molecular formula is C22H26O2. The van der Waals surface area contributed by atoms with Crippen LogP contribution >= 0.6 is 0 Å². The van der Waals surface area contributed by atoms with Crippen molar-refractivity contribution < 1.29 is 9.53 Å². The van der Waals surface area contributed by atoms with E-state index in [1.807, 2.05) is 30.3 Å². The van der Waals surface area contributed by atoms with Crippen LogP contribution < -0.4 is 0 Å². The number of unbranched alkanes of at least 4 members (excludes halogenated alkanes) is 3. The Balaban J connectivity index is 1.93. The van der Waals surface area contributed by atoms with Crippen molar-refractivity contribution in [1.29, 1.82) is 0 Å². The first-order valence-electron chi connectivity index (χ1n) is 8.82. The second kappa shape index (κ2) is 9.13. The number of terminal acetylenes is 1. The molecule has 0 fully saturated rings. The zero-order chi connectivity index (χ0) is 17.4. The Labute approximate surface area is 145 Å². The minimum absolute atomic E-state index is 0.261. The number of ether oxygens (including phenoxy) is 1. The van der Waals surface area contributed by atoms with E-state index in [9.17, 15) is 4.79 Å². The molecule has 1 atom stereocenters. The van der Waals surface area contributed by atoms with E-state index in [0.29, 0.717) is 18.1 Å². The molecule has 2 rings (SSSR count). The summed E-state index contributed by atoms with van der Waals surface area (Å²) in [6.45, 7) is 4.83. The van der Waals surface area contributed by atoms with Crippen LogP contribution in [0.15, 0.2) is 36.4 Å². The molecule has 0 saturated heterocycles. The molecule has 2 aromatic rings. The van der Waals surface area contributed by atoms with Crippen LogP contribution in [-0.2, 0) is 4.74 Å². The van der Waals surface area contributed by atoms with Gasteiger partial charge >= 0.3 is 5.97 Å². The van der Waals surface area contributed by atoms with Gasteiger partial charge in [0.05, 0.1) is 12.2 Å². The van der Waals surface area contributed by atoms with Crippen molar-refractivity contribution in [3.8, 4) is 12.3 Å². The van der Waals surface area contributed by atoms with Crippen molar-refractivity contribution in [1.82, 2.24) is 0 Å². The quantitative estimate of drug-likeness (QED) is 0.360. The van der Waals surface area contributed by atoms with Crippen LogP contribution in [0.2, 0.25) is 0 Å². The number of fused-ring (bicyclic) bond motifs is 1. The van der Waals surface area contributed by atoms with Crippen molar-refractivity contribution in [3.05, 3.63) is 47.5 Å². The maximum absolute atomic E-state index is 12.3. The van der Waals surface area contributed by atoms with Crippen LogP contribution in [0.25, 0.3) is 10.8 Å². The molecule has 0 saturated carbocycles. The van der Waals surface area contributed by atoms with Crippen LogP contribution in [0.5, 0.6) is 0 Å². The van der Waals surface area contributed by atoms with Crippen LogP contribution in [0.3, 0.4) is 0 Å². The van der Waals surface area contributed by atoms with Gasteiger partial charge in [-0.2, -0.15) is 0 Å². The molecule has 2 nitrogen and oxygen atoms in total. The van der Waals surface area contributed by atoms with E-state index in [4.69, 9.17) is 11.2 Å². The normalized spacial score (nSPS) is 11.9. The Hall–Kier alpha value is -2.27. The van der Waals surface area contributed by atoms with E-state index in [2.05, 4.69) is 19.8 Å². The fraction of sp³-hybridized carbons (Fsp3) is 0.409. The highest BCUT2D eigenvalue weighted by atomic mass is 16.5. The first-order chi connectivity index (χ1) is 11.7.